The third kappa shape index (κ3) is 3.66. The summed E-state index contributed by atoms with van der Waals surface area (Å²) in [5, 5.41) is 2.17. The number of alkyl halides is 3. The van der Waals surface area contributed by atoms with Crippen molar-refractivity contribution in [1.29, 1.82) is 0 Å². The lowest BCUT2D eigenvalue weighted by Gasteiger charge is -2.21. The van der Waals surface area contributed by atoms with Crippen LogP contribution in [-0.2, 0) is 6.42 Å². The molecule has 17 heavy (non-hydrogen) atoms. The van der Waals surface area contributed by atoms with E-state index in [1.165, 1.54) is 6.92 Å². The van der Waals surface area contributed by atoms with Crippen LogP contribution < -0.4 is 5.32 Å². The van der Waals surface area contributed by atoms with E-state index in [2.05, 4.69) is 5.32 Å². The van der Waals surface area contributed by atoms with E-state index >= 15 is 0 Å². The van der Waals surface area contributed by atoms with Crippen LogP contribution in [0, 0.1) is 11.6 Å². The summed E-state index contributed by atoms with van der Waals surface area (Å²) in [7, 11) is 0. The fourth-order valence-electron chi connectivity index (χ4n) is 1.48. The predicted octanol–water partition coefficient (Wildman–Crippen LogP) is 3.05. The van der Waals surface area contributed by atoms with Gasteiger partial charge in [-0.2, -0.15) is 13.2 Å². The van der Waals surface area contributed by atoms with Crippen molar-refractivity contribution in [3.05, 3.63) is 35.4 Å². The molecule has 96 valence electrons. The van der Waals surface area contributed by atoms with Crippen LogP contribution in [0.4, 0.5) is 22.0 Å². The second-order valence-electron chi connectivity index (χ2n) is 3.56. The molecule has 0 amide bonds. The highest BCUT2D eigenvalue weighted by atomic mass is 19.4. The zero-order valence-corrected chi connectivity index (χ0v) is 9.11. The number of halogens is 5. The van der Waals surface area contributed by atoms with Crippen molar-refractivity contribution in [2.24, 2.45) is 0 Å². The second-order valence-corrected chi connectivity index (χ2v) is 3.56. The van der Waals surface area contributed by atoms with Crippen molar-refractivity contribution < 1.29 is 22.0 Å². The number of benzene rings is 1. The fraction of sp³-hybridized carbons (Fsp3) is 0.455. The van der Waals surface area contributed by atoms with Gasteiger partial charge in [0.15, 0.2) is 0 Å². The third-order valence-corrected chi connectivity index (χ3v) is 2.32. The molecule has 1 nitrogen and oxygen atoms in total. The van der Waals surface area contributed by atoms with E-state index in [0.717, 1.165) is 18.2 Å². The zero-order valence-electron chi connectivity index (χ0n) is 9.11. The van der Waals surface area contributed by atoms with E-state index < -0.39 is 35.8 Å². The zero-order chi connectivity index (χ0) is 13.1. The Morgan fingerprint density at radius 2 is 1.71 bits per heavy atom. The lowest BCUT2D eigenvalue weighted by atomic mass is 10.0. The molecule has 1 N–H and O–H groups in total. The molecule has 0 fully saturated rings. The molecule has 0 aliphatic carbocycles. The van der Waals surface area contributed by atoms with Gasteiger partial charge < -0.3 is 5.32 Å². The number of hydrogen-bond donors (Lipinski definition) is 1. The van der Waals surface area contributed by atoms with Gasteiger partial charge in [-0.25, -0.2) is 8.78 Å². The lowest BCUT2D eigenvalue weighted by Crippen LogP contribution is -2.44. The maximum absolute atomic E-state index is 13.2. The molecule has 0 bridgehead atoms. The first-order valence-electron chi connectivity index (χ1n) is 5.09. The Balaban J connectivity index is 2.94. The SMILES string of the molecule is CCNC(Cc1c(F)cccc1F)C(F)(F)F. The van der Waals surface area contributed by atoms with E-state index in [1.54, 1.807) is 0 Å². The summed E-state index contributed by atoms with van der Waals surface area (Å²) in [4.78, 5) is 0. The minimum absolute atomic E-state index is 0.0697. The van der Waals surface area contributed by atoms with Gasteiger partial charge in [0.1, 0.15) is 17.7 Å². The largest absolute Gasteiger partial charge is 0.404 e. The molecule has 0 aromatic heterocycles. The van der Waals surface area contributed by atoms with Gasteiger partial charge in [0, 0.05) is 12.0 Å². The summed E-state index contributed by atoms with van der Waals surface area (Å²) in [6, 6.07) is 1.05. The van der Waals surface area contributed by atoms with E-state index in [0.29, 0.717) is 0 Å². The molecule has 0 spiro atoms. The van der Waals surface area contributed by atoms with Gasteiger partial charge >= 0.3 is 6.18 Å². The third-order valence-electron chi connectivity index (χ3n) is 2.32. The van der Waals surface area contributed by atoms with Gasteiger partial charge in [-0.15, -0.1) is 0 Å². The molecule has 1 aromatic rings. The monoisotopic (exact) mass is 253 g/mol. The van der Waals surface area contributed by atoms with Crippen molar-refractivity contribution in [3.8, 4) is 0 Å². The van der Waals surface area contributed by atoms with Crippen molar-refractivity contribution in [2.75, 3.05) is 6.54 Å². The predicted molar refractivity (Wildman–Crippen MR) is 53.6 cm³/mol. The molecular weight excluding hydrogens is 241 g/mol. The first-order valence-corrected chi connectivity index (χ1v) is 5.09. The summed E-state index contributed by atoms with van der Waals surface area (Å²) in [5.41, 5.74) is -0.546. The van der Waals surface area contributed by atoms with Gasteiger partial charge in [0.2, 0.25) is 0 Å². The first kappa shape index (κ1) is 13.9. The Morgan fingerprint density at radius 3 is 2.12 bits per heavy atom. The lowest BCUT2D eigenvalue weighted by molar-refractivity contribution is -0.155. The van der Waals surface area contributed by atoms with E-state index in [1.807, 2.05) is 0 Å². The Bertz CT molecular complexity index is 354. The van der Waals surface area contributed by atoms with Gasteiger partial charge in [0.05, 0.1) is 0 Å². The van der Waals surface area contributed by atoms with Gasteiger partial charge in [-0.05, 0) is 18.7 Å². The highest BCUT2D eigenvalue weighted by molar-refractivity contribution is 5.21. The van der Waals surface area contributed by atoms with Crippen molar-refractivity contribution in [1.82, 2.24) is 5.32 Å². The molecule has 0 aliphatic heterocycles. The van der Waals surface area contributed by atoms with Crippen LogP contribution in [0.2, 0.25) is 0 Å². The molecular formula is C11H12F5N. The van der Waals surface area contributed by atoms with Crippen LogP contribution in [0.15, 0.2) is 18.2 Å². The summed E-state index contributed by atoms with van der Waals surface area (Å²) < 4.78 is 64.1. The van der Waals surface area contributed by atoms with Crippen molar-refractivity contribution >= 4 is 0 Å². The molecule has 1 aromatic carbocycles. The molecule has 0 heterocycles. The number of nitrogens with one attached hydrogen (secondary N) is 1. The summed E-state index contributed by atoms with van der Waals surface area (Å²) in [6.07, 6.45) is -5.29. The average molecular weight is 253 g/mol. The molecule has 1 unspecified atom stereocenters. The average Bonchev–Trinajstić information content (AvgIpc) is 2.20. The van der Waals surface area contributed by atoms with Crippen LogP contribution >= 0.6 is 0 Å². The molecule has 6 heteroatoms. The Hall–Kier alpha value is -1.17. The molecule has 1 atom stereocenters. The van der Waals surface area contributed by atoms with Crippen molar-refractivity contribution in [2.45, 2.75) is 25.6 Å². The van der Waals surface area contributed by atoms with Crippen LogP contribution in [0.5, 0.6) is 0 Å². The van der Waals surface area contributed by atoms with Gasteiger partial charge in [0.25, 0.3) is 0 Å². The molecule has 0 aliphatic rings. The molecule has 0 saturated heterocycles. The maximum Gasteiger partial charge on any atom is 0.404 e. The number of likely N-dealkylation sites (N-methyl/N-ethyl adjacent to an activating group) is 1. The van der Waals surface area contributed by atoms with E-state index in [9.17, 15) is 22.0 Å². The Morgan fingerprint density at radius 1 is 1.18 bits per heavy atom. The minimum atomic E-state index is -4.54. The minimum Gasteiger partial charge on any atom is -0.306 e. The Labute approximate surface area is 95.6 Å². The van der Waals surface area contributed by atoms with Gasteiger partial charge in [-0.3, -0.25) is 0 Å². The van der Waals surface area contributed by atoms with E-state index in [4.69, 9.17) is 0 Å². The van der Waals surface area contributed by atoms with Crippen LogP contribution in [0.1, 0.15) is 12.5 Å². The summed E-state index contributed by atoms with van der Waals surface area (Å²) in [5.74, 6) is -1.92. The van der Waals surface area contributed by atoms with Crippen LogP contribution in [-0.4, -0.2) is 18.8 Å². The summed E-state index contributed by atoms with van der Waals surface area (Å²) >= 11 is 0. The van der Waals surface area contributed by atoms with E-state index in [-0.39, 0.29) is 6.54 Å². The molecule has 0 saturated carbocycles. The second kappa shape index (κ2) is 5.44. The quantitative estimate of drug-likeness (QED) is 0.813. The molecule has 1 rings (SSSR count). The summed E-state index contributed by atoms with van der Waals surface area (Å²) in [6.45, 7) is 1.57. The smallest absolute Gasteiger partial charge is 0.306 e. The first-order chi connectivity index (χ1) is 7.86. The highest BCUT2D eigenvalue weighted by Gasteiger charge is 2.39. The highest BCUT2D eigenvalue weighted by Crippen LogP contribution is 2.25. The fourth-order valence-corrected chi connectivity index (χ4v) is 1.48. The number of hydrogen-bond acceptors (Lipinski definition) is 1. The maximum atomic E-state index is 13.2. The van der Waals surface area contributed by atoms with Crippen molar-refractivity contribution in [3.63, 3.8) is 0 Å². The van der Waals surface area contributed by atoms with Crippen LogP contribution in [0.3, 0.4) is 0 Å². The standard InChI is InChI=1S/C11H12F5N/c1-2-17-10(11(14,15)16)6-7-8(12)4-3-5-9(7)13/h3-5,10,17H,2,6H2,1H3. The topological polar surface area (TPSA) is 12.0 Å². The number of rotatable bonds is 4. The van der Waals surface area contributed by atoms with Crippen LogP contribution in [0.25, 0.3) is 0 Å². The van der Waals surface area contributed by atoms with Gasteiger partial charge in [-0.1, -0.05) is 13.0 Å². The Kier molecular flexibility index (Phi) is 4.45. The normalized spacial score (nSPS) is 13.8. The molecule has 0 radical (unpaired) electrons.